The average molecular weight is 236 g/mol. The van der Waals surface area contributed by atoms with Crippen LogP contribution in [0.2, 0.25) is 0 Å². The van der Waals surface area contributed by atoms with Crippen molar-refractivity contribution in [1.82, 2.24) is 10.3 Å². The summed E-state index contributed by atoms with van der Waals surface area (Å²) in [6, 6.07) is 6.55. The number of aromatic nitrogens is 1. The number of hydrogen-bond acceptors (Lipinski definition) is 3. The van der Waals surface area contributed by atoms with Crippen LogP contribution in [0.1, 0.15) is 46.0 Å². The Labute approximate surface area is 105 Å². The van der Waals surface area contributed by atoms with Crippen LogP contribution in [0.3, 0.4) is 0 Å². The van der Waals surface area contributed by atoms with Gasteiger partial charge in [-0.2, -0.15) is 0 Å². The SMILES string of the molecule is CC(C)NCc1cccc(COC(C)(C)C)n1. The highest BCUT2D eigenvalue weighted by Gasteiger charge is 2.10. The molecule has 0 aliphatic heterocycles. The Hall–Kier alpha value is -0.930. The van der Waals surface area contributed by atoms with E-state index in [0.29, 0.717) is 12.6 Å². The second-order valence-electron chi connectivity index (χ2n) is 5.56. The van der Waals surface area contributed by atoms with E-state index in [1.54, 1.807) is 0 Å². The molecule has 0 saturated carbocycles. The Bertz CT molecular complexity index is 342. The van der Waals surface area contributed by atoms with Crippen LogP contribution in [0.4, 0.5) is 0 Å². The Morgan fingerprint density at radius 3 is 2.47 bits per heavy atom. The molecular formula is C14H24N2O. The lowest BCUT2D eigenvalue weighted by Gasteiger charge is -2.19. The van der Waals surface area contributed by atoms with Crippen LogP contribution < -0.4 is 5.32 Å². The lowest BCUT2D eigenvalue weighted by molar-refractivity contribution is -0.0165. The zero-order valence-electron chi connectivity index (χ0n) is 11.6. The van der Waals surface area contributed by atoms with Crippen molar-refractivity contribution in [2.24, 2.45) is 0 Å². The first-order chi connectivity index (χ1) is 7.87. The molecule has 0 unspecified atom stereocenters. The molecule has 0 atom stereocenters. The summed E-state index contributed by atoms with van der Waals surface area (Å²) in [5.41, 5.74) is 1.94. The van der Waals surface area contributed by atoms with Crippen LogP contribution in [0.25, 0.3) is 0 Å². The number of ether oxygens (including phenoxy) is 1. The molecule has 0 aliphatic rings. The van der Waals surface area contributed by atoms with Gasteiger partial charge in [0.05, 0.1) is 23.6 Å². The summed E-state index contributed by atoms with van der Waals surface area (Å²) in [7, 11) is 0. The van der Waals surface area contributed by atoms with Crippen LogP contribution in [-0.4, -0.2) is 16.6 Å². The van der Waals surface area contributed by atoms with E-state index >= 15 is 0 Å². The molecule has 1 rings (SSSR count). The smallest absolute Gasteiger partial charge is 0.0895 e. The topological polar surface area (TPSA) is 34.1 Å². The largest absolute Gasteiger partial charge is 0.370 e. The van der Waals surface area contributed by atoms with Crippen LogP contribution in [0, 0.1) is 0 Å². The highest BCUT2D eigenvalue weighted by Crippen LogP contribution is 2.10. The quantitative estimate of drug-likeness (QED) is 0.853. The Kier molecular flexibility index (Phi) is 5.09. The van der Waals surface area contributed by atoms with Gasteiger partial charge in [-0.25, -0.2) is 0 Å². The van der Waals surface area contributed by atoms with Crippen LogP contribution in [-0.2, 0) is 17.9 Å². The van der Waals surface area contributed by atoms with Gasteiger partial charge in [-0.15, -0.1) is 0 Å². The van der Waals surface area contributed by atoms with E-state index in [4.69, 9.17) is 4.74 Å². The van der Waals surface area contributed by atoms with E-state index in [9.17, 15) is 0 Å². The van der Waals surface area contributed by atoms with Crippen molar-refractivity contribution in [2.45, 2.75) is 59.4 Å². The molecule has 0 aliphatic carbocycles. The highest BCUT2D eigenvalue weighted by molar-refractivity contribution is 5.10. The molecule has 1 N–H and O–H groups in total. The van der Waals surface area contributed by atoms with Crippen LogP contribution in [0.5, 0.6) is 0 Å². The summed E-state index contributed by atoms with van der Waals surface area (Å²) in [4.78, 5) is 4.56. The average Bonchev–Trinajstić information content (AvgIpc) is 2.23. The number of nitrogens with zero attached hydrogens (tertiary/aromatic N) is 1. The number of rotatable bonds is 5. The maximum Gasteiger partial charge on any atom is 0.0895 e. The maximum atomic E-state index is 5.71. The van der Waals surface area contributed by atoms with E-state index in [1.807, 2.05) is 18.2 Å². The highest BCUT2D eigenvalue weighted by atomic mass is 16.5. The molecule has 0 saturated heterocycles. The van der Waals surface area contributed by atoms with Crippen molar-refractivity contribution in [1.29, 1.82) is 0 Å². The second kappa shape index (κ2) is 6.12. The molecule has 96 valence electrons. The first-order valence-electron chi connectivity index (χ1n) is 6.19. The summed E-state index contributed by atoms with van der Waals surface area (Å²) in [5, 5.41) is 3.36. The summed E-state index contributed by atoms with van der Waals surface area (Å²) < 4.78 is 5.71. The van der Waals surface area contributed by atoms with Gasteiger partial charge in [0.25, 0.3) is 0 Å². The van der Waals surface area contributed by atoms with Crippen molar-refractivity contribution < 1.29 is 4.74 Å². The molecule has 3 heteroatoms. The Morgan fingerprint density at radius 2 is 1.88 bits per heavy atom. The van der Waals surface area contributed by atoms with Crippen molar-refractivity contribution in [2.75, 3.05) is 0 Å². The van der Waals surface area contributed by atoms with Crippen molar-refractivity contribution in [3.8, 4) is 0 Å². The minimum absolute atomic E-state index is 0.117. The summed E-state index contributed by atoms with van der Waals surface area (Å²) >= 11 is 0. The normalized spacial score (nSPS) is 12.1. The molecule has 1 aromatic heterocycles. The lowest BCUT2D eigenvalue weighted by atomic mass is 10.2. The second-order valence-corrected chi connectivity index (χ2v) is 5.56. The molecule has 1 aromatic rings. The maximum absolute atomic E-state index is 5.71. The van der Waals surface area contributed by atoms with Gasteiger partial charge in [0.15, 0.2) is 0 Å². The van der Waals surface area contributed by atoms with Crippen LogP contribution >= 0.6 is 0 Å². The monoisotopic (exact) mass is 236 g/mol. The van der Waals surface area contributed by atoms with E-state index in [-0.39, 0.29) is 5.60 Å². The molecule has 0 radical (unpaired) electrons. The molecule has 17 heavy (non-hydrogen) atoms. The van der Waals surface area contributed by atoms with E-state index < -0.39 is 0 Å². The Morgan fingerprint density at radius 1 is 1.24 bits per heavy atom. The van der Waals surface area contributed by atoms with E-state index in [1.165, 1.54) is 0 Å². The Balaban J connectivity index is 2.54. The minimum Gasteiger partial charge on any atom is -0.370 e. The van der Waals surface area contributed by atoms with E-state index in [2.05, 4.69) is 44.9 Å². The van der Waals surface area contributed by atoms with Gasteiger partial charge >= 0.3 is 0 Å². The van der Waals surface area contributed by atoms with Gasteiger partial charge in [0.2, 0.25) is 0 Å². The predicted molar refractivity (Wildman–Crippen MR) is 70.8 cm³/mol. The molecule has 0 spiro atoms. The minimum atomic E-state index is -0.117. The first kappa shape index (κ1) is 14.1. The molecule has 0 amide bonds. The summed E-state index contributed by atoms with van der Waals surface area (Å²) in [6.07, 6.45) is 0. The first-order valence-corrected chi connectivity index (χ1v) is 6.19. The van der Waals surface area contributed by atoms with Gasteiger partial charge in [-0.3, -0.25) is 4.98 Å². The third-order valence-corrected chi connectivity index (χ3v) is 2.21. The molecule has 0 aromatic carbocycles. The predicted octanol–water partition coefficient (Wildman–Crippen LogP) is 2.89. The molecular weight excluding hydrogens is 212 g/mol. The number of hydrogen-bond donors (Lipinski definition) is 1. The zero-order valence-corrected chi connectivity index (χ0v) is 11.6. The van der Waals surface area contributed by atoms with Crippen LogP contribution in [0.15, 0.2) is 18.2 Å². The van der Waals surface area contributed by atoms with Gasteiger partial charge in [0.1, 0.15) is 0 Å². The lowest BCUT2D eigenvalue weighted by Crippen LogP contribution is -2.23. The standard InChI is InChI=1S/C14H24N2O/c1-11(2)15-9-12-7-6-8-13(16-12)10-17-14(3,4)5/h6-8,11,15H,9-10H2,1-5H3. The summed E-state index contributed by atoms with van der Waals surface area (Å²) in [5.74, 6) is 0. The fraction of sp³-hybridized carbons (Fsp3) is 0.643. The molecule has 3 nitrogen and oxygen atoms in total. The number of pyridine rings is 1. The van der Waals surface area contributed by atoms with Crippen molar-refractivity contribution >= 4 is 0 Å². The van der Waals surface area contributed by atoms with Crippen molar-refractivity contribution in [3.63, 3.8) is 0 Å². The number of nitrogens with one attached hydrogen (secondary N) is 1. The van der Waals surface area contributed by atoms with Gasteiger partial charge < -0.3 is 10.1 Å². The third-order valence-electron chi connectivity index (χ3n) is 2.21. The fourth-order valence-corrected chi connectivity index (χ4v) is 1.31. The van der Waals surface area contributed by atoms with E-state index in [0.717, 1.165) is 17.9 Å². The molecule has 0 bridgehead atoms. The fourth-order valence-electron chi connectivity index (χ4n) is 1.31. The molecule has 0 fully saturated rings. The summed E-state index contributed by atoms with van der Waals surface area (Å²) in [6.45, 7) is 11.8. The molecule has 1 heterocycles. The zero-order chi connectivity index (χ0) is 12.9. The van der Waals surface area contributed by atoms with Gasteiger partial charge in [-0.1, -0.05) is 19.9 Å². The van der Waals surface area contributed by atoms with Crippen molar-refractivity contribution in [3.05, 3.63) is 29.6 Å². The third kappa shape index (κ3) is 6.39. The van der Waals surface area contributed by atoms with Gasteiger partial charge in [0, 0.05) is 12.6 Å². The van der Waals surface area contributed by atoms with Gasteiger partial charge in [-0.05, 0) is 32.9 Å².